The first-order valence-corrected chi connectivity index (χ1v) is 10.9. The zero-order valence-corrected chi connectivity index (χ0v) is 18.3. The average molecular weight is 417 g/mol. The molecule has 1 saturated heterocycles. The highest BCUT2D eigenvalue weighted by Gasteiger charge is 2.34. The van der Waals surface area contributed by atoms with Crippen molar-refractivity contribution >= 4 is 5.96 Å². The third-order valence-electron chi connectivity index (χ3n) is 5.85. The molecule has 3 rings (SSSR count). The van der Waals surface area contributed by atoms with E-state index in [0.717, 1.165) is 60.8 Å². The van der Waals surface area contributed by atoms with Gasteiger partial charge in [-0.3, -0.25) is 0 Å². The van der Waals surface area contributed by atoms with Crippen molar-refractivity contribution in [1.82, 2.24) is 15.8 Å². The summed E-state index contributed by atoms with van der Waals surface area (Å²) in [7, 11) is 0. The molecule has 6 nitrogen and oxygen atoms in total. The number of nitrogens with one attached hydrogen (secondary N) is 2. The van der Waals surface area contributed by atoms with E-state index in [9.17, 15) is 4.39 Å². The molecule has 30 heavy (non-hydrogen) atoms. The highest BCUT2D eigenvalue weighted by Crippen LogP contribution is 2.34. The molecule has 2 aromatic rings. The number of benzene rings is 1. The van der Waals surface area contributed by atoms with Crippen molar-refractivity contribution in [2.75, 3.05) is 26.3 Å². The van der Waals surface area contributed by atoms with E-state index in [0.29, 0.717) is 26.3 Å². The zero-order valence-electron chi connectivity index (χ0n) is 18.3. The molecule has 1 aromatic heterocycles. The molecule has 164 valence electrons. The lowest BCUT2D eigenvalue weighted by molar-refractivity contribution is 0.0513. The fourth-order valence-electron chi connectivity index (χ4n) is 4.00. The molecule has 1 aliphatic heterocycles. The molecule has 0 bridgehead atoms. The van der Waals surface area contributed by atoms with Crippen LogP contribution in [-0.4, -0.2) is 37.4 Å². The van der Waals surface area contributed by atoms with E-state index in [1.165, 1.54) is 12.1 Å². The van der Waals surface area contributed by atoms with Gasteiger partial charge in [0.1, 0.15) is 11.6 Å². The first-order chi connectivity index (χ1) is 14.6. The summed E-state index contributed by atoms with van der Waals surface area (Å²) in [4.78, 5) is 4.80. The summed E-state index contributed by atoms with van der Waals surface area (Å²) in [6.07, 6.45) is 3.40. The van der Waals surface area contributed by atoms with Gasteiger partial charge in [-0.15, -0.1) is 0 Å². The van der Waals surface area contributed by atoms with Crippen LogP contribution in [0, 0.1) is 5.82 Å². The largest absolute Gasteiger partial charge is 0.381 e. The quantitative estimate of drug-likeness (QED) is 0.507. The second kappa shape index (κ2) is 10.6. The van der Waals surface area contributed by atoms with E-state index in [1.807, 2.05) is 12.1 Å². The van der Waals surface area contributed by atoms with Gasteiger partial charge in [0, 0.05) is 43.7 Å². The van der Waals surface area contributed by atoms with Crippen molar-refractivity contribution in [1.29, 1.82) is 0 Å². The van der Waals surface area contributed by atoms with Crippen LogP contribution in [0.25, 0.3) is 0 Å². The summed E-state index contributed by atoms with van der Waals surface area (Å²) < 4.78 is 24.5. The molecule has 0 saturated carbocycles. The molecule has 1 aromatic carbocycles. The van der Waals surface area contributed by atoms with Crippen LogP contribution in [0.4, 0.5) is 4.39 Å². The molecular formula is C23H33FN4O2. The number of aryl methyl sites for hydroxylation is 2. The van der Waals surface area contributed by atoms with Gasteiger partial charge in [0.15, 0.2) is 5.96 Å². The van der Waals surface area contributed by atoms with Crippen LogP contribution in [0.5, 0.6) is 0 Å². The monoisotopic (exact) mass is 416 g/mol. The van der Waals surface area contributed by atoms with Crippen LogP contribution in [0.1, 0.15) is 56.2 Å². The van der Waals surface area contributed by atoms with Crippen molar-refractivity contribution < 1.29 is 13.7 Å². The highest BCUT2D eigenvalue weighted by atomic mass is 19.1. The SMILES string of the molecule is CCNC(=NCc1c(CC)noc1CC)NCC1(c2ccc(F)cc2)CCOCC1. The van der Waals surface area contributed by atoms with Crippen molar-refractivity contribution in [2.45, 2.75) is 58.4 Å². The Labute approximate surface area is 178 Å². The van der Waals surface area contributed by atoms with E-state index < -0.39 is 0 Å². The summed E-state index contributed by atoms with van der Waals surface area (Å²) >= 11 is 0. The second-order valence-corrected chi connectivity index (χ2v) is 7.69. The lowest BCUT2D eigenvalue weighted by Crippen LogP contribution is -2.48. The van der Waals surface area contributed by atoms with Gasteiger partial charge in [0.05, 0.1) is 12.2 Å². The number of aliphatic imine (C=N–C) groups is 1. The minimum Gasteiger partial charge on any atom is -0.381 e. The molecule has 2 heterocycles. The minimum atomic E-state index is -0.212. The number of halogens is 1. The van der Waals surface area contributed by atoms with Gasteiger partial charge in [-0.05, 0) is 43.9 Å². The standard InChI is InChI=1S/C23H33FN4O2/c1-4-20-19(21(5-2)30-28-20)15-26-22(25-6-3)27-16-23(11-13-29-14-12-23)17-7-9-18(24)10-8-17/h7-10H,4-6,11-16H2,1-3H3,(H2,25,26,27). The number of guanidine groups is 1. The van der Waals surface area contributed by atoms with Gasteiger partial charge in [-0.1, -0.05) is 31.1 Å². The lowest BCUT2D eigenvalue weighted by Gasteiger charge is -2.38. The van der Waals surface area contributed by atoms with Crippen molar-refractivity contribution in [2.24, 2.45) is 4.99 Å². The van der Waals surface area contributed by atoms with Crippen molar-refractivity contribution in [3.63, 3.8) is 0 Å². The minimum absolute atomic E-state index is 0.109. The van der Waals surface area contributed by atoms with Crippen LogP contribution in [0.2, 0.25) is 0 Å². The Morgan fingerprint density at radius 1 is 1.10 bits per heavy atom. The van der Waals surface area contributed by atoms with E-state index in [1.54, 1.807) is 0 Å². The highest BCUT2D eigenvalue weighted by molar-refractivity contribution is 5.79. The molecule has 0 radical (unpaired) electrons. The third kappa shape index (κ3) is 5.19. The Bertz CT molecular complexity index is 805. The Hall–Kier alpha value is -2.41. The fraction of sp³-hybridized carbons (Fsp3) is 0.565. The molecule has 1 fully saturated rings. The van der Waals surface area contributed by atoms with E-state index in [-0.39, 0.29) is 11.2 Å². The van der Waals surface area contributed by atoms with Crippen LogP contribution in [-0.2, 0) is 29.5 Å². The molecule has 7 heteroatoms. The Balaban J connectivity index is 1.77. The van der Waals surface area contributed by atoms with Crippen LogP contribution in [0.15, 0.2) is 33.8 Å². The number of hydrogen-bond donors (Lipinski definition) is 2. The summed E-state index contributed by atoms with van der Waals surface area (Å²) in [5, 5.41) is 11.0. The average Bonchev–Trinajstić information content (AvgIpc) is 3.18. The number of hydrogen-bond acceptors (Lipinski definition) is 4. The molecular weight excluding hydrogens is 383 g/mol. The summed E-state index contributed by atoms with van der Waals surface area (Å²) in [6, 6.07) is 6.86. The van der Waals surface area contributed by atoms with Crippen molar-refractivity contribution in [3.8, 4) is 0 Å². The topological polar surface area (TPSA) is 71.7 Å². The number of aromatic nitrogens is 1. The van der Waals surface area contributed by atoms with Gasteiger partial charge in [-0.2, -0.15) is 0 Å². The number of ether oxygens (including phenoxy) is 1. The summed E-state index contributed by atoms with van der Waals surface area (Å²) in [6.45, 7) is 9.59. The molecule has 0 amide bonds. The zero-order chi connectivity index (χ0) is 21.4. The van der Waals surface area contributed by atoms with Crippen LogP contribution >= 0.6 is 0 Å². The molecule has 0 atom stereocenters. The molecule has 2 N–H and O–H groups in total. The van der Waals surface area contributed by atoms with Crippen LogP contribution < -0.4 is 10.6 Å². The third-order valence-corrected chi connectivity index (χ3v) is 5.85. The normalized spacial score (nSPS) is 16.5. The van der Waals surface area contributed by atoms with Gasteiger partial charge in [0.25, 0.3) is 0 Å². The maximum absolute atomic E-state index is 13.5. The van der Waals surface area contributed by atoms with Gasteiger partial charge >= 0.3 is 0 Å². The van der Waals surface area contributed by atoms with Gasteiger partial charge in [0.2, 0.25) is 0 Å². The Morgan fingerprint density at radius 3 is 2.47 bits per heavy atom. The maximum atomic E-state index is 13.5. The lowest BCUT2D eigenvalue weighted by atomic mass is 9.74. The maximum Gasteiger partial charge on any atom is 0.191 e. The smallest absolute Gasteiger partial charge is 0.191 e. The summed E-state index contributed by atoms with van der Waals surface area (Å²) in [5.41, 5.74) is 3.08. The van der Waals surface area contributed by atoms with Gasteiger partial charge in [-0.25, -0.2) is 9.38 Å². The molecule has 0 unspecified atom stereocenters. The van der Waals surface area contributed by atoms with E-state index in [4.69, 9.17) is 14.3 Å². The fourth-order valence-corrected chi connectivity index (χ4v) is 4.00. The first-order valence-electron chi connectivity index (χ1n) is 10.9. The second-order valence-electron chi connectivity index (χ2n) is 7.69. The van der Waals surface area contributed by atoms with Crippen molar-refractivity contribution in [3.05, 3.63) is 52.7 Å². The molecule has 0 aliphatic carbocycles. The molecule has 0 spiro atoms. The molecule has 1 aliphatic rings. The number of rotatable bonds is 8. The Kier molecular flexibility index (Phi) is 7.85. The summed E-state index contributed by atoms with van der Waals surface area (Å²) in [5.74, 6) is 1.45. The van der Waals surface area contributed by atoms with Gasteiger partial charge < -0.3 is 19.9 Å². The number of nitrogens with zero attached hydrogens (tertiary/aromatic N) is 2. The Morgan fingerprint density at radius 2 is 1.83 bits per heavy atom. The predicted molar refractivity (Wildman–Crippen MR) is 116 cm³/mol. The van der Waals surface area contributed by atoms with E-state index >= 15 is 0 Å². The predicted octanol–water partition coefficient (Wildman–Crippen LogP) is 3.74. The van der Waals surface area contributed by atoms with Crippen LogP contribution in [0.3, 0.4) is 0 Å². The van der Waals surface area contributed by atoms with E-state index in [2.05, 4.69) is 36.6 Å². The first kappa shape index (κ1) is 22.3.